The van der Waals surface area contributed by atoms with Gasteiger partial charge in [0.2, 0.25) is 5.82 Å². The van der Waals surface area contributed by atoms with E-state index in [1.165, 1.54) is 0 Å². The molecule has 36 heavy (non-hydrogen) atoms. The fraction of sp³-hybridized carbons (Fsp3) is 0.133. The first-order chi connectivity index (χ1) is 17.2. The molecule has 0 fully saturated rings. The molecule has 0 aliphatic carbocycles. The van der Waals surface area contributed by atoms with Crippen molar-refractivity contribution in [2.75, 3.05) is 0 Å². The van der Waals surface area contributed by atoms with Gasteiger partial charge in [-0.05, 0) is 51.9 Å². The Bertz CT molecular complexity index is 1530. The Hall–Kier alpha value is -3.60. The minimum Gasteiger partial charge on any atom is -0.506 e. The lowest BCUT2D eigenvalue weighted by atomic mass is 9.82. The molecule has 0 saturated heterocycles. The highest BCUT2D eigenvalue weighted by atomic mass is 35.5. The zero-order valence-corrected chi connectivity index (χ0v) is 21.6. The van der Waals surface area contributed by atoms with Crippen LogP contribution >= 0.6 is 23.2 Å². The van der Waals surface area contributed by atoms with Gasteiger partial charge in [0.1, 0.15) is 5.75 Å². The zero-order chi connectivity index (χ0) is 25.4. The van der Waals surface area contributed by atoms with Crippen molar-refractivity contribution < 1.29 is 9.63 Å². The second-order valence-electron chi connectivity index (χ2n) is 9.60. The SMILES string of the molecule is CC(C)(C)c1cc(-c2nc(-c3c(Cl)cccc3Cl)no2)c(O)c(-c2ccccc2-c2ccccc2)c1. The van der Waals surface area contributed by atoms with Crippen LogP contribution in [0.15, 0.2) is 89.5 Å². The van der Waals surface area contributed by atoms with Crippen LogP contribution in [0.4, 0.5) is 0 Å². The second-order valence-corrected chi connectivity index (χ2v) is 10.4. The third kappa shape index (κ3) is 4.50. The van der Waals surface area contributed by atoms with Crippen molar-refractivity contribution in [2.45, 2.75) is 26.2 Å². The molecule has 0 radical (unpaired) electrons. The third-order valence-corrected chi connectivity index (χ3v) is 6.75. The predicted molar refractivity (Wildman–Crippen MR) is 146 cm³/mol. The first-order valence-electron chi connectivity index (χ1n) is 11.5. The lowest BCUT2D eigenvalue weighted by molar-refractivity contribution is 0.425. The second kappa shape index (κ2) is 9.45. The summed E-state index contributed by atoms with van der Waals surface area (Å²) in [6.45, 7) is 6.37. The quantitative estimate of drug-likeness (QED) is 0.259. The van der Waals surface area contributed by atoms with Gasteiger partial charge in [0.25, 0.3) is 5.89 Å². The summed E-state index contributed by atoms with van der Waals surface area (Å²) < 4.78 is 5.63. The maximum atomic E-state index is 11.6. The normalized spacial score (nSPS) is 11.6. The van der Waals surface area contributed by atoms with E-state index in [1.54, 1.807) is 18.2 Å². The van der Waals surface area contributed by atoms with Crippen LogP contribution in [0.2, 0.25) is 10.0 Å². The Labute approximate surface area is 220 Å². The molecule has 5 aromatic rings. The maximum absolute atomic E-state index is 11.6. The van der Waals surface area contributed by atoms with Crippen LogP contribution in [0, 0.1) is 0 Å². The zero-order valence-electron chi connectivity index (χ0n) is 20.1. The molecule has 0 amide bonds. The highest BCUT2D eigenvalue weighted by Gasteiger charge is 2.25. The molecule has 0 saturated carbocycles. The van der Waals surface area contributed by atoms with Crippen LogP contribution in [0.1, 0.15) is 26.3 Å². The van der Waals surface area contributed by atoms with Crippen LogP contribution in [0.25, 0.3) is 45.1 Å². The minimum atomic E-state index is -0.201. The molecule has 4 nitrogen and oxygen atoms in total. The Morgan fingerprint density at radius 2 is 1.33 bits per heavy atom. The number of phenols is 1. The maximum Gasteiger partial charge on any atom is 0.262 e. The number of phenolic OH excluding ortho intramolecular Hbond substituents is 1. The average Bonchev–Trinajstić information content (AvgIpc) is 3.33. The van der Waals surface area contributed by atoms with Crippen LogP contribution in [0.3, 0.4) is 0 Å². The van der Waals surface area contributed by atoms with Gasteiger partial charge in [-0.15, -0.1) is 0 Å². The van der Waals surface area contributed by atoms with Crippen molar-refractivity contribution >= 4 is 23.2 Å². The summed E-state index contributed by atoms with van der Waals surface area (Å²) in [7, 11) is 0. The molecule has 1 heterocycles. The highest BCUT2D eigenvalue weighted by molar-refractivity contribution is 6.38. The lowest BCUT2D eigenvalue weighted by Gasteiger charge is -2.22. The van der Waals surface area contributed by atoms with Gasteiger partial charge in [-0.1, -0.05) is 110 Å². The summed E-state index contributed by atoms with van der Waals surface area (Å²) in [6.07, 6.45) is 0. The Morgan fingerprint density at radius 1 is 0.722 bits per heavy atom. The summed E-state index contributed by atoms with van der Waals surface area (Å²) in [5, 5.41) is 16.5. The molecule has 0 aliphatic rings. The molecular formula is C30H24Cl2N2O2. The van der Waals surface area contributed by atoms with E-state index in [2.05, 4.69) is 49.1 Å². The highest BCUT2D eigenvalue weighted by Crippen LogP contribution is 2.45. The number of aromatic hydroxyl groups is 1. The van der Waals surface area contributed by atoms with E-state index >= 15 is 0 Å². The van der Waals surface area contributed by atoms with E-state index in [1.807, 2.05) is 48.5 Å². The lowest BCUT2D eigenvalue weighted by Crippen LogP contribution is -2.11. The van der Waals surface area contributed by atoms with E-state index in [0.717, 1.165) is 22.3 Å². The topological polar surface area (TPSA) is 59.2 Å². The van der Waals surface area contributed by atoms with Gasteiger partial charge in [-0.25, -0.2) is 0 Å². The summed E-state index contributed by atoms with van der Waals surface area (Å²) in [5.74, 6) is 0.502. The van der Waals surface area contributed by atoms with Crippen molar-refractivity contribution in [3.63, 3.8) is 0 Å². The molecule has 1 N–H and O–H groups in total. The smallest absolute Gasteiger partial charge is 0.262 e. The molecule has 1 aromatic heterocycles. The summed E-state index contributed by atoms with van der Waals surface area (Å²) in [5.41, 5.74) is 5.41. The van der Waals surface area contributed by atoms with E-state index in [9.17, 15) is 5.11 Å². The van der Waals surface area contributed by atoms with Crippen molar-refractivity contribution in [3.05, 3.63) is 101 Å². The molecule has 0 unspecified atom stereocenters. The van der Waals surface area contributed by atoms with Gasteiger partial charge in [-0.3, -0.25) is 0 Å². The summed E-state index contributed by atoms with van der Waals surface area (Å²) in [6, 6.07) is 27.3. The molecule has 180 valence electrons. The molecular weight excluding hydrogens is 491 g/mol. The van der Waals surface area contributed by atoms with Crippen LogP contribution in [-0.4, -0.2) is 15.2 Å². The van der Waals surface area contributed by atoms with E-state index in [4.69, 9.17) is 27.7 Å². The molecule has 0 spiro atoms. The minimum absolute atomic E-state index is 0.0619. The molecule has 0 bridgehead atoms. The fourth-order valence-electron chi connectivity index (χ4n) is 4.17. The first-order valence-corrected chi connectivity index (χ1v) is 12.3. The van der Waals surface area contributed by atoms with E-state index < -0.39 is 0 Å². The molecule has 0 aliphatic heterocycles. The number of hydrogen-bond donors (Lipinski definition) is 1. The van der Waals surface area contributed by atoms with Gasteiger partial charge in [0, 0.05) is 5.56 Å². The van der Waals surface area contributed by atoms with Crippen LogP contribution < -0.4 is 0 Å². The summed E-state index contributed by atoms with van der Waals surface area (Å²) >= 11 is 12.7. The molecule has 5 rings (SSSR count). The standard InChI is InChI=1S/C30H24Cl2N2O2/c1-30(2,3)19-16-22(21-13-8-7-12-20(21)18-10-5-4-6-11-18)27(35)23(17-19)29-33-28(34-36-29)26-24(31)14-9-15-25(26)32/h4-17,35H,1-3H3. The number of aromatic nitrogens is 2. The fourth-order valence-corrected chi connectivity index (χ4v) is 4.74. The van der Waals surface area contributed by atoms with Gasteiger partial charge in [-0.2, -0.15) is 4.98 Å². The largest absolute Gasteiger partial charge is 0.506 e. The van der Waals surface area contributed by atoms with Gasteiger partial charge in [0.05, 0.1) is 21.2 Å². The van der Waals surface area contributed by atoms with Gasteiger partial charge >= 0.3 is 0 Å². The molecule has 0 atom stereocenters. The predicted octanol–water partition coefficient (Wildman–Crippen LogP) is 9.05. The number of hydrogen-bond acceptors (Lipinski definition) is 4. The van der Waals surface area contributed by atoms with Crippen molar-refractivity contribution in [1.82, 2.24) is 10.1 Å². The third-order valence-electron chi connectivity index (χ3n) is 6.12. The number of halogens is 2. The van der Waals surface area contributed by atoms with Crippen LogP contribution in [-0.2, 0) is 5.41 Å². The van der Waals surface area contributed by atoms with E-state index in [-0.39, 0.29) is 22.9 Å². The Kier molecular flexibility index (Phi) is 6.33. The monoisotopic (exact) mass is 514 g/mol. The number of benzene rings is 4. The van der Waals surface area contributed by atoms with E-state index in [0.29, 0.717) is 26.7 Å². The molecule has 6 heteroatoms. The van der Waals surface area contributed by atoms with Crippen molar-refractivity contribution in [1.29, 1.82) is 0 Å². The Balaban J connectivity index is 1.72. The number of rotatable bonds is 4. The van der Waals surface area contributed by atoms with Gasteiger partial charge in [0.15, 0.2) is 0 Å². The Morgan fingerprint density at radius 3 is 2.00 bits per heavy atom. The van der Waals surface area contributed by atoms with Crippen LogP contribution in [0.5, 0.6) is 5.75 Å². The molecule has 4 aromatic carbocycles. The average molecular weight is 515 g/mol. The van der Waals surface area contributed by atoms with Crippen molar-refractivity contribution in [2.24, 2.45) is 0 Å². The first kappa shape index (κ1) is 24.1. The number of nitrogens with zero attached hydrogens (tertiary/aromatic N) is 2. The summed E-state index contributed by atoms with van der Waals surface area (Å²) in [4.78, 5) is 4.57. The van der Waals surface area contributed by atoms with Gasteiger partial charge < -0.3 is 9.63 Å². The van der Waals surface area contributed by atoms with Crippen molar-refractivity contribution in [3.8, 4) is 50.8 Å².